The van der Waals surface area contributed by atoms with E-state index < -0.39 is 0 Å². The van der Waals surface area contributed by atoms with Crippen LogP contribution in [0.3, 0.4) is 0 Å². The number of benzene rings is 2. The summed E-state index contributed by atoms with van der Waals surface area (Å²) in [7, 11) is 1.48. The summed E-state index contributed by atoms with van der Waals surface area (Å²) >= 11 is 5.94. The van der Waals surface area contributed by atoms with Crippen LogP contribution in [-0.2, 0) is 13.1 Å². The molecule has 0 saturated carbocycles. The Labute approximate surface area is 179 Å². The number of hydrogen-bond acceptors (Lipinski definition) is 4. The standard InChI is InChI=1S/C22H21ClN4O3/c1-30-20-12-17(23)5-6-19(20)21(28)25-14-16-3-2-4-18(11-16)27-22(29)26-13-15-7-9-24-10-8-15/h2-12H,13-14H2,1H3,(H,25,28)(H2,26,27,29). The summed E-state index contributed by atoms with van der Waals surface area (Å²) < 4.78 is 5.21. The fourth-order valence-electron chi connectivity index (χ4n) is 2.75. The molecule has 8 heteroatoms. The first-order chi connectivity index (χ1) is 14.5. The molecule has 3 aromatic rings. The first-order valence-corrected chi connectivity index (χ1v) is 9.57. The number of hydrogen-bond donors (Lipinski definition) is 3. The Morgan fingerprint density at radius 3 is 2.50 bits per heavy atom. The van der Waals surface area contributed by atoms with Gasteiger partial charge in [0.05, 0.1) is 12.7 Å². The van der Waals surface area contributed by atoms with E-state index in [1.54, 1.807) is 42.7 Å². The van der Waals surface area contributed by atoms with Gasteiger partial charge in [-0.05, 0) is 53.6 Å². The fourth-order valence-corrected chi connectivity index (χ4v) is 2.91. The lowest BCUT2D eigenvalue weighted by Crippen LogP contribution is -2.28. The molecule has 0 spiro atoms. The topological polar surface area (TPSA) is 92.4 Å². The van der Waals surface area contributed by atoms with Crippen molar-refractivity contribution < 1.29 is 14.3 Å². The molecule has 3 N–H and O–H groups in total. The quantitative estimate of drug-likeness (QED) is 0.534. The van der Waals surface area contributed by atoms with Crippen molar-refractivity contribution in [1.29, 1.82) is 0 Å². The molecule has 2 aromatic carbocycles. The van der Waals surface area contributed by atoms with Gasteiger partial charge in [-0.25, -0.2) is 4.79 Å². The van der Waals surface area contributed by atoms with Crippen LogP contribution in [0.15, 0.2) is 67.0 Å². The van der Waals surface area contributed by atoms with Crippen LogP contribution in [0.4, 0.5) is 10.5 Å². The van der Waals surface area contributed by atoms with Crippen molar-refractivity contribution >= 4 is 29.2 Å². The van der Waals surface area contributed by atoms with E-state index in [9.17, 15) is 9.59 Å². The molecule has 30 heavy (non-hydrogen) atoms. The highest BCUT2D eigenvalue weighted by atomic mass is 35.5. The highest BCUT2D eigenvalue weighted by Gasteiger charge is 2.12. The van der Waals surface area contributed by atoms with Gasteiger partial charge in [0.25, 0.3) is 5.91 Å². The number of pyridine rings is 1. The van der Waals surface area contributed by atoms with Crippen molar-refractivity contribution in [2.24, 2.45) is 0 Å². The van der Waals surface area contributed by atoms with Crippen LogP contribution in [0.5, 0.6) is 5.75 Å². The number of nitrogens with zero attached hydrogens (tertiary/aromatic N) is 1. The van der Waals surface area contributed by atoms with Gasteiger partial charge in [-0.15, -0.1) is 0 Å². The number of ether oxygens (including phenoxy) is 1. The lowest BCUT2D eigenvalue weighted by molar-refractivity contribution is 0.0948. The zero-order chi connectivity index (χ0) is 21.3. The smallest absolute Gasteiger partial charge is 0.319 e. The van der Waals surface area contributed by atoms with Crippen molar-refractivity contribution in [3.8, 4) is 5.75 Å². The lowest BCUT2D eigenvalue weighted by Gasteiger charge is -2.11. The van der Waals surface area contributed by atoms with E-state index in [1.807, 2.05) is 24.3 Å². The van der Waals surface area contributed by atoms with E-state index >= 15 is 0 Å². The Morgan fingerprint density at radius 2 is 1.73 bits per heavy atom. The Hall–Kier alpha value is -3.58. The number of amides is 3. The van der Waals surface area contributed by atoms with Gasteiger partial charge in [0, 0.05) is 36.2 Å². The molecule has 0 fully saturated rings. The number of methoxy groups -OCH3 is 1. The van der Waals surface area contributed by atoms with Gasteiger partial charge >= 0.3 is 6.03 Å². The average Bonchev–Trinajstić information content (AvgIpc) is 2.77. The lowest BCUT2D eigenvalue weighted by atomic mass is 10.1. The summed E-state index contributed by atoms with van der Waals surface area (Å²) in [6, 6.07) is 15.4. The molecule has 7 nitrogen and oxygen atoms in total. The van der Waals surface area contributed by atoms with E-state index in [4.69, 9.17) is 16.3 Å². The molecule has 0 unspecified atom stereocenters. The van der Waals surface area contributed by atoms with Gasteiger partial charge in [-0.3, -0.25) is 9.78 Å². The molecule has 0 saturated heterocycles. The molecule has 0 aliphatic heterocycles. The van der Waals surface area contributed by atoms with Gasteiger partial charge in [0.15, 0.2) is 0 Å². The van der Waals surface area contributed by atoms with Crippen molar-refractivity contribution in [2.45, 2.75) is 13.1 Å². The number of carbonyl (C=O) groups is 2. The molecule has 1 heterocycles. The van der Waals surface area contributed by atoms with E-state index in [-0.39, 0.29) is 11.9 Å². The van der Waals surface area contributed by atoms with Crippen LogP contribution in [0, 0.1) is 0 Å². The monoisotopic (exact) mass is 424 g/mol. The van der Waals surface area contributed by atoms with Gasteiger partial charge in [-0.2, -0.15) is 0 Å². The molecule has 0 atom stereocenters. The normalized spacial score (nSPS) is 10.2. The van der Waals surface area contributed by atoms with E-state index in [0.29, 0.717) is 35.1 Å². The third kappa shape index (κ3) is 5.96. The Kier molecular flexibility index (Phi) is 7.24. The molecular weight excluding hydrogens is 404 g/mol. The minimum atomic E-state index is -0.320. The number of nitrogens with one attached hydrogen (secondary N) is 3. The van der Waals surface area contributed by atoms with E-state index in [1.165, 1.54) is 7.11 Å². The minimum absolute atomic E-state index is 0.281. The number of carbonyl (C=O) groups excluding carboxylic acids is 2. The second-order valence-electron chi connectivity index (χ2n) is 6.39. The third-order valence-corrected chi connectivity index (χ3v) is 4.48. The second kappa shape index (κ2) is 10.3. The number of anilines is 1. The predicted octanol–water partition coefficient (Wildman–Crippen LogP) is 4.00. The van der Waals surface area contributed by atoms with Crippen LogP contribution in [-0.4, -0.2) is 24.0 Å². The van der Waals surface area contributed by atoms with Crippen LogP contribution < -0.4 is 20.7 Å². The molecule has 3 rings (SSSR count). The molecule has 1 aromatic heterocycles. The zero-order valence-corrected chi connectivity index (χ0v) is 17.1. The molecule has 0 aliphatic carbocycles. The van der Waals surface area contributed by atoms with Crippen LogP contribution in [0.1, 0.15) is 21.5 Å². The van der Waals surface area contributed by atoms with Gasteiger partial charge in [-0.1, -0.05) is 23.7 Å². The number of aromatic nitrogens is 1. The minimum Gasteiger partial charge on any atom is -0.496 e. The van der Waals surface area contributed by atoms with Crippen LogP contribution in [0.2, 0.25) is 5.02 Å². The molecule has 154 valence electrons. The van der Waals surface area contributed by atoms with Gasteiger partial charge in [0.2, 0.25) is 0 Å². The highest BCUT2D eigenvalue weighted by molar-refractivity contribution is 6.30. The van der Waals surface area contributed by atoms with E-state index in [0.717, 1.165) is 11.1 Å². The summed E-state index contributed by atoms with van der Waals surface area (Å²) in [6.45, 7) is 0.686. The maximum Gasteiger partial charge on any atom is 0.319 e. The summed E-state index contributed by atoms with van der Waals surface area (Å²) in [5, 5.41) is 8.90. The van der Waals surface area contributed by atoms with Crippen molar-refractivity contribution in [1.82, 2.24) is 15.6 Å². The first-order valence-electron chi connectivity index (χ1n) is 9.19. The fraction of sp³-hybridized carbons (Fsp3) is 0.136. The van der Waals surface area contributed by atoms with Crippen molar-refractivity contribution in [2.75, 3.05) is 12.4 Å². The summed E-state index contributed by atoms with van der Waals surface area (Å²) in [5.41, 5.74) is 2.81. The Balaban J connectivity index is 1.55. The number of halogens is 1. The molecule has 0 aliphatic rings. The van der Waals surface area contributed by atoms with Crippen molar-refractivity contribution in [3.63, 3.8) is 0 Å². The predicted molar refractivity (Wildman–Crippen MR) is 116 cm³/mol. The molecular formula is C22H21ClN4O3. The Morgan fingerprint density at radius 1 is 0.967 bits per heavy atom. The maximum atomic E-state index is 12.5. The van der Waals surface area contributed by atoms with Crippen LogP contribution in [0.25, 0.3) is 0 Å². The summed E-state index contributed by atoms with van der Waals surface area (Å²) in [5.74, 6) is 0.123. The largest absolute Gasteiger partial charge is 0.496 e. The molecule has 3 amide bonds. The highest BCUT2D eigenvalue weighted by Crippen LogP contribution is 2.23. The Bertz CT molecular complexity index is 1030. The number of urea groups is 1. The third-order valence-electron chi connectivity index (χ3n) is 4.25. The number of rotatable bonds is 7. The van der Waals surface area contributed by atoms with Gasteiger partial charge in [0.1, 0.15) is 5.75 Å². The van der Waals surface area contributed by atoms with Crippen molar-refractivity contribution in [3.05, 3.63) is 88.7 Å². The maximum absolute atomic E-state index is 12.5. The summed E-state index contributed by atoms with van der Waals surface area (Å²) in [4.78, 5) is 28.5. The van der Waals surface area contributed by atoms with E-state index in [2.05, 4.69) is 20.9 Å². The second-order valence-corrected chi connectivity index (χ2v) is 6.83. The average molecular weight is 425 g/mol. The van der Waals surface area contributed by atoms with Gasteiger partial charge < -0.3 is 20.7 Å². The van der Waals surface area contributed by atoms with Crippen LogP contribution >= 0.6 is 11.6 Å². The molecule has 0 radical (unpaired) electrons. The summed E-state index contributed by atoms with van der Waals surface area (Å²) in [6.07, 6.45) is 3.35. The first kappa shape index (κ1) is 21.1. The zero-order valence-electron chi connectivity index (χ0n) is 16.3. The SMILES string of the molecule is COc1cc(Cl)ccc1C(=O)NCc1cccc(NC(=O)NCc2ccncc2)c1. The molecule has 0 bridgehead atoms.